The van der Waals surface area contributed by atoms with Crippen LogP contribution in [0, 0.1) is 6.92 Å². The minimum absolute atomic E-state index is 0.405. The third-order valence-corrected chi connectivity index (χ3v) is 3.78. The molecule has 3 heteroatoms. The Labute approximate surface area is 131 Å². The maximum absolute atomic E-state index is 10.2. The van der Waals surface area contributed by atoms with E-state index in [1.807, 2.05) is 12.1 Å². The molecule has 0 bridgehead atoms. The van der Waals surface area contributed by atoms with E-state index in [0.29, 0.717) is 11.4 Å². The molecular weight excluding hydrogens is 284 g/mol. The topological polar surface area (TPSA) is 29.5 Å². The Morgan fingerprint density at radius 2 is 2.00 bits per heavy atom. The van der Waals surface area contributed by atoms with Crippen LogP contribution >= 0.6 is 11.6 Å². The van der Waals surface area contributed by atoms with Crippen LogP contribution < -0.4 is 4.74 Å². The van der Waals surface area contributed by atoms with Crippen LogP contribution in [0.2, 0.25) is 5.02 Å². The van der Waals surface area contributed by atoms with E-state index in [0.717, 1.165) is 24.2 Å². The van der Waals surface area contributed by atoms with Crippen molar-refractivity contribution in [2.45, 2.75) is 32.3 Å². The summed E-state index contributed by atoms with van der Waals surface area (Å²) in [7, 11) is 1.63. The van der Waals surface area contributed by atoms with Crippen molar-refractivity contribution in [2.24, 2.45) is 0 Å². The highest BCUT2D eigenvalue weighted by Gasteiger charge is 2.11. The summed E-state index contributed by atoms with van der Waals surface area (Å²) < 4.78 is 5.31. The molecule has 0 saturated carbocycles. The SMILES string of the molecule is COc1ccc(Cl)cc1CC(O)CCc1cccc(C)c1. The van der Waals surface area contributed by atoms with Gasteiger partial charge in [0.2, 0.25) is 0 Å². The first-order chi connectivity index (χ1) is 10.1. The Balaban J connectivity index is 1.95. The average Bonchev–Trinajstić information content (AvgIpc) is 2.45. The number of hydrogen-bond acceptors (Lipinski definition) is 2. The molecule has 2 aromatic carbocycles. The predicted octanol–water partition coefficient (Wildman–Crippen LogP) is 4.19. The quantitative estimate of drug-likeness (QED) is 0.867. The van der Waals surface area contributed by atoms with E-state index in [9.17, 15) is 5.11 Å². The Bertz CT molecular complexity index is 596. The van der Waals surface area contributed by atoms with Gasteiger partial charge in [-0.2, -0.15) is 0 Å². The zero-order chi connectivity index (χ0) is 15.2. The van der Waals surface area contributed by atoms with Crippen molar-refractivity contribution in [3.8, 4) is 5.75 Å². The molecule has 2 aromatic rings. The van der Waals surface area contributed by atoms with Crippen LogP contribution in [0.3, 0.4) is 0 Å². The summed E-state index contributed by atoms with van der Waals surface area (Å²) in [5, 5.41) is 10.9. The molecule has 21 heavy (non-hydrogen) atoms. The van der Waals surface area contributed by atoms with Gasteiger partial charge in [0.1, 0.15) is 5.75 Å². The molecule has 2 nitrogen and oxygen atoms in total. The molecule has 1 N–H and O–H groups in total. The normalized spacial score (nSPS) is 12.2. The van der Waals surface area contributed by atoms with Crippen LogP contribution in [0.5, 0.6) is 5.75 Å². The summed E-state index contributed by atoms with van der Waals surface area (Å²) in [4.78, 5) is 0. The minimum Gasteiger partial charge on any atom is -0.496 e. The lowest BCUT2D eigenvalue weighted by molar-refractivity contribution is 0.164. The van der Waals surface area contributed by atoms with Crippen LogP contribution in [-0.4, -0.2) is 18.3 Å². The molecule has 2 rings (SSSR count). The summed E-state index contributed by atoms with van der Waals surface area (Å²) in [5.74, 6) is 0.772. The van der Waals surface area contributed by atoms with Crippen molar-refractivity contribution in [1.82, 2.24) is 0 Å². The Morgan fingerprint density at radius 1 is 1.19 bits per heavy atom. The smallest absolute Gasteiger partial charge is 0.122 e. The Hall–Kier alpha value is -1.51. The minimum atomic E-state index is -0.405. The highest BCUT2D eigenvalue weighted by atomic mass is 35.5. The van der Waals surface area contributed by atoms with Crippen LogP contribution in [-0.2, 0) is 12.8 Å². The molecule has 0 heterocycles. The first kappa shape index (κ1) is 15.9. The van der Waals surface area contributed by atoms with E-state index in [2.05, 4.69) is 31.2 Å². The number of halogens is 1. The van der Waals surface area contributed by atoms with Gasteiger partial charge in [-0.1, -0.05) is 41.4 Å². The van der Waals surface area contributed by atoms with E-state index in [-0.39, 0.29) is 0 Å². The van der Waals surface area contributed by atoms with Gasteiger partial charge < -0.3 is 9.84 Å². The average molecular weight is 305 g/mol. The molecular formula is C18H21ClO2. The zero-order valence-corrected chi connectivity index (χ0v) is 13.2. The number of methoxy groups -OCH3 is 1. The standard InChI is InChI=1S/C18H21ClO2/c1-13-4-3-5-14(10-13)6-8-17(20)12-15-11-16(19)7-9-18(15)21-2/h3-5,7,9-11,17,20H,6,8,12H2,1-2H3. The van der Waals surface area contributed by atoms with Crippen LogP contribution in [0.25, 0.3) is 0 Å². The van der Waals surface area contributed by atoms with Crippen molar-refractivity contribution in [2.75, 3.05) is 7.11 Å². The molecule has 0 aromatic heterocycles. The Kier molecular flexibility index (Phi) is 5.66. The molecule has 0 saturated heterocycles. The molecule has 112 valence electrons. The second kappa shape index (κ2) is 7.48. The maximum Gasteiger partial charge on any atom is 0.122 e. The summed E-state index contributed by atoms with van der Waals surface area (Å²) in [6.45, 7) is 2.08. The van der Waals surface area contributed by atoms with Crippen LogP contribution in [0.4, 0.5) is 0 Å². The van der Waals surface area contributed by atoms with E-state index in [4.69, 9.17) is 16.3 Å². The fraction of sp³-hybridized carbons (Fsp3) is 0.333. The van der Waals surface area contributed by atoms with Crippen molar-refractivity contribution < 1.29 is 9.84 Å². The molecule has 0 fully saturated rings. The van der Waals surface area contributed by atoms with E-state index in [1.54, 1.807) is 13.2 Å². The number of hydrogen-bond donors (Lipinski definition) is 1. The lowest BCUT2D eigenvalue weighted by Crippen LogP contribution is -2.12. The van der Waals surface area contributed by atoms with Gasteiger partial charge in [-0.15, -0.1) is 0 Å². The number of ether oxygens (including phenoxy) is 1. The molecule has 0 spiro atoms. The molecule has 0 amide bonds. The first-order valence-electron chi connectivity index (χ1n) is 7.14. The van der Waals surface area contributed by atoms with E-state index < -0.39 is 6.10 Å². The number of aliphatic hydroxyl groups excluding tert-OH is 1. The lowest BCUT2D eigenvalue weighted by atomic mass is 10.00. The molecule has 0 aliphatic rings. The molecule has 1 unspecified atom stereocenters. The number of aryl methyl sites for hydroxylation is 2. The first-order valence-corrected chi connectivity index (χ1v) is 7.52. The molecule has 1 atom stereocenters. The molecule has 0 radical (unpaired) electrons. The summed E-state index contributed by atoms with van der Waals surface area (Å²) in [6.07, 6.45) is 1.73. The van der Waals surface area contributed by atoms with Gasteiger partial charge >= 0.3 is 0 Å². The van der Waals surface area contributed by atoms with Gasteiger partial charge in [-0.05, 0) is 49.1 Å². The number of benzene rings is 2. The Morgan fingerprint density at radius 3 is 2.71 bits per heavy atom. The fourth-order valence-corrected chi connectivity index (χ4v) is 2.66. The van der Waals surface area contributed by atoms with Crippen LogP contribution in [0.15, 0.2) is 42.5 Å². The van der Waals surface area contributed by atoms with E-state index >= 15 is 0 Å². The summed E-state index contributed by atoms with van der Waals surface area (Å²) in [5.41, 5.74) is 3.45. The highest BCUT2D eigenvalue weighted by molar-refractivity contribution is 6.30. The molecule has 0 aliphatic heterocycles. The highest BCUT2D eigenvalue weighted by Crippen LogP contribution is 2.24. The molecule has 0 aliphatic carbocycles. The zero-order valence-electron chi connectivity index (χ0n) is 12.5. The van der Waals surface area contributed by atoms with Gasteiger partial charge in [0.05, 0.1) is 13.2 Å². The number of aliphatic hydroxyl groups is 1. The van der Waals surface area contributed by atoms with Gasteiger partial charge in [0.25, 0.3) is 0 Å². The van der Waals surface area contributed by atoms with Crippen molar-refractivity contribution in [1.29, 1.82) is 0 Å². The predicted molar refractivity (Wildman–Crippen MR) is 87.2 cm³/mol. The maximum atomic E-state index is 10.2. The van der Waals surface area contributed by atoms with E-state index in [1.165, 1.54) is 11.1 Å². The largest absolute Gasteiger partial charge is 0.496 e. The van der Waals surface area contributed by atoms with Crippen molar-refractivity contribution >= 4 is 11.6 Å². The van der Waals surface area contributed by atoms with Crippen molar-refractivity contribution in [3.05, 3.63) is 64.2 Å². The second-order valence-corrected chi connectivity index (χ2v) is 5.78. The van der Waals surface area contributed by atoms with Crippen molar-refractivity contribution in [3.63, 3.8) is 0 Å². The fourth-order valence-electron chi connectivity index (χ4n) is 2.46. The van der Waals surface area contributed by atoms with Gasteiger partial charge in [-0.3, -0.25) is 0 Å². The number of rotatable bonds is 6. The lowest BCUT2D eigenvalue weighted by Gasteiger charge is -2.14. The van der Waals surface area contributed by atoms with Gasteiger partial charge in [0, 0.05) is 11.4 Å². The van der Waals surface area contributed by atoms with Gasteiger partial charge in [0.15, 0.2) is 0 Å². The third kappa shape index (κ3) is 4.76. The van der Waals surface area contributed by atoms with Gasteiger partial charge in [-0.25, -0.2) is 0 Å². The summed E-state index contributed by atoms with van der Waals surface area (Å²) >= 11 is 6.01. The third-order valence-electron chi connectivity index (χ3n) is 3.55. The second-order valence-electron chi connectivity index (χ2n) is 5.34. The monoisotopic (exact) mass is 304 g/mol. The van der Waals surface area contributed by atoms with Crippen LogP contribution in [0.1, 0.15) is 23.1 Å². The summed E-state index contributed by atoms with van der Waals surface area (Å²) in [6, 6.07) is 13.9.